The molecule has 0 fully saturated rings. The van der Waals surface area contributed by atoms with Crippen LogP contribution in [0.3, 0.4) is 0 Å². The maximum Gasteiger partial charge on any atom is 0.253 e. The van der Waals surface area contributed by atoms with Gasteiger partial charge in [-0.1, -0.05) is 15.9 Å². The van der Waals surface area contributed by atoms with Crippen LogP contribution in [0.5, 0.6) is 0 Å². The number of amides is 1. The van der Waals surface area contributed by atoms with Crippen molar-refractivity contribution in [3.05, 3.63) is 28.2 Å². The average Bonchev–Trinajstić information content (AvgIpc) is 2.33. The van der Waals surface area contributed by atoms with Crippen LogP contribution >= 0.6 is 27.7 Å². The van der Waals surface area contributed by atoms with Crippen LogP contribution in [0.15, 0.2) is 22.7 Å². The van der Waals surface area contributed by atoms with Crippen molar-refractivity contribution < 1.29 is 9.90 Å². The Balaban J connectivity index is 2.79. The molecule has 0 aliphatic rings. The van der Waals surface area contributed by atoms with E-state index in [9.17, 15) is 9.90 Å². The fourth-order valence-corrected chi connectivity index (χ4v) is 2.53. The Labute approximate surface area is 119 Å². The molecular weight excluding hydrogens is 316 g/mol. The fraction of sp³-hybridized carbons (Fsp3) is 0.417. The predicted octanol–water partition coefficient (Wildman–Crippen LogP) is 1.87. The van der Waals surface area contributed by atoms with Crippen LogP contribution in [0.2, 0.25) is 0 Å². The number of hydrogen-bond donors (Lipinski definition) is 3. The summed E-state index contributed by atoms with van der Waals surface area (Å²) in [7, 11) is 0. The number of nitrogens with one attached hydrogen (secondary N) is 1. The summed E-state index contributed by atoms with van der Waals surface area (Å²) in [6.07, 6.45) is 1.90. The molecule has 1 aromatic rings. The summed E-state index contributed by atoms with van der Waals surface area (Å²) >= 11 is 4.82. The number of benzene rings is 1. The molecule has 0 radical (unpaired) electrons. The molecular formula is C12H17BrN2O2S. The predicted molar refractivity (Wildman–Crippen MR) is 79.9 cm³/mol. The summed E-state index contributed by atoms with van der Waals surface area (Å²) in [4.78, 5) is 12.1. The molecule has 2 atom stereocenters. The highest BCUT2D eigenvalue weighted by Crippen LogP contribution is 2.19. The van der Waals surface area contributed by atoms with Crippen LogP contribution in [-0.2, 0) is 0 Å². The molecule has 0 saturated carbocycles. The minimum atomic E-state index is -0.228. The van der Waals surface area contributed by atoms with E-state index in [1.165, 1.54) is 11.8 Å². The number of thioether (sulfide) groups is 1. The molecule has 0 saturated heterocycles. The standard InChI is InChI=1S/C12H17BrN2O2S/c1-7(11(6-16)18-2)15-12(17)9-5-8(13)3-4-10(9)14/h3-5,7,11,16H,6,14H2,1-2H3,(H,15,17). The molecule has 6 heteroatoms. The van der Waals surface area contributed by atoms with Gasteiger partial charge in [0.1, 0.15) is 0 Å². The molecule has 4 N–H and O–H groups in total. The largest absolute Gasteiger partial charge is 0.398 e. The Kier molecular flexibility index (Phi) is 5.98. The van der Waals surface area contributed by atoms with Gasteiger partial charge in [0.2, 0.25) is 0 Å². The van der Waals surface area contributed by atoms with E-state index >= 15 is 0 Å². The molecule has 100 valence electrons. The number of rotatable bonds is 5. The summed E-state index contributed by atoms with van der Waals surface area (Å²) in [6, 6.07) is 5.02. The number of halogens is 1. The van der Waals surface area contributed by atoms with Crippen molar-refractivity contribution in [2.24, 2.45) is 0 Å². The number of hydrogen-bond acceptors (Lipinski definition) is 4. The van der Waals surface area contributed by atoms with Gasteiger partial charge < -0.3 is 16.2 Å². The van der Waals surface area contributed by atoms with Gasteiger partial charge in [-0.15, -0.1) is 0 Å². The highest BCUT2D eigenvalue weighted by atomic mass is 79.9. The first-order valence-electron chi connectivity index (χ1n) is 5.49. The molecule has 1 rings (SSSR count). The summed E-state index contributed by atoms with van der Waals surface area (Å²) in [5, 5.41) is 12.0. The SMILES string of the molecule is CSC(CO)C(C)NC(=O)c1cc(Br)ccc1N. The molecule has 0 aliphatic carbocycles. The van der Waals surface area contributed by atoms with Gasteiger partial charge >= 0.3 is 0 Å². The Hall–Kier alpha value is -0.720. The van der Waals surface area contributed by atoms with Crippen molar-refractivity contribution in [1.29, 1.82) is 0 Å². The summed E-state index contributed by atoms with van der Waals surface area (Å²) < 4.78 is 0.804. The zero-order valence-corrected chi connectivity index (χ0v) is 12.7. The van der Waals surface area contributed by atoms with Crippen LogP contribution < -0.4 is 11.1 Å². The quantitative estimate of drug-likeness (QED) is 0.719. The molecule has 1 aromatic carbocycles. The van der Waals surface area contributed by atoms with Crippen LogP contribution in [0.25, 0.3) is 0 Å². The van der Waals surface area contributed by atoms with E-state index < -0.39 is 0 Å². The van der Waals surface area contributed by atoms with Gasteiger partial charge in [0, 0.05) is 21.5 Å². The van der Waals surface area contributed by atoms with E-state index in [4.69, 9.17) is 5.73 Å². The maximum absolute atomic E-state index is 12.1. The maximum atomic E-state index is 12.1. The van der Waals surface area contributed by atoms with Crippen molar-refractivity contribution in [2.75, 3.05) is 18.6 Å². The topological polar surface area (TPSA) is 75.3 Å². The van der Waals surface area contributed by atoms with Crippen LogP contribution in [0, 0.1) is 0 Å². The lowest BCUT2D eigenvalue weighted by molar-refractivity contribution is 0.0937. The fourth-order valence-electron chi connectivity index (χ4n) is 1.54. The number of anilines is 1. The van der Waals surface area contributed by atoms with Crippen LogP contribution in [0.1, 0.15) is 17.3 Å². The van der Waals surface area contributed by atoms with E-state index in [-0.39, 0.29) is 23.8 Å². The van der Waals surface area contributed by atoms with Gasteiger partial charge in [-0.25, -0.2) is 0 Å². The molecule has 0 bridgehead atoms. The third kappa shape index (κ3) is 3.90. The van der Waals surface area contributed by atoms with Gasteiger partial charge in [-0.3, -0.25) is 4.79 Å². The first-order chi connectivity index (χ1) is 8.49. The Morgan fingerprint density at radius 1 is 1.61 bits per heavy atom. The lowest BCUT2D eigenvalue weighted by Crippen LogP contribution is -2.41. The lowest BCUT2D eigenvalue weighted by Gasteiger charge is -2.21. The van der Waals surface area contributed by atoms with Gasteiger partial charge in [-0.2, -0.15) is 11.8 Å². The minimum absolute atomic E-state index is 0.0244. The second-order valence-corrected chi connectivity index (χ2v) is 5.94. The number of carbonyl (C=O) groups is 1. The summed E-state index contributed by atoms with van der Waals surface area (Å²) in [6.45, 7) is 1.89. The van der Waals surface area contributed by atoms with Crippen molar-refractivity contribution in [2.45, 2.75) is 18.2 Å². The van der Waals surface area contributed by atoms with E-state index in [1.54, 1.807) is 18.2 Å². The first-order valence-corrected chi connectivity index (χ1v) is 7.57. The van der Waals surface area contributed by atoms with E-state index in [0.717, 1.165) is 4.47 Å². The van der Waals surface area contributed by atoms with E-state index in [0.29, 0.717) is 11.3 Å². The molecule has 0 heterocycles. The third-order valence-electron chi connectivity index (χ3n) is 2.66. The second kappa shape index (κ2) is 7.01. The third-order valence-corrected chi connectivity index (χ3v) is 4.32. The second-order valence-electron chi connectivity index (χ2n) is 3.95. The smallest absolute Gasteiger partial charge is 0.253 e. The zero-order valence-electron chi connectivity index (χ0n) is 10.3. The number of nitrogens with two attached hydrogens (primary N) is 1. The Morgan fingerprint density at radius 3 is 2.83 bits per heavy atom. The van der Waals surface area contributed by atoms with Crippen molar-refractivity contribution in [3.8, 4) is 0 Å². The molecule has 0 aliphatic heterocycles. The monoisotopic (exact) mass is 332 g/mol. The minimum Gasteiger partial charge on any atom is -0.398 e. The van der Waals surface area contributed by atoms with Crippen LogP contribution in [0.4, 0.5) is 5.69 Å². The molecule has 0 aromatic heterocycles. The van der Waals surface area contributed by atoms with Crippen molar-refractivity contribution in [3.63, 3.8) is 0 Å². The first kappa shape index (κ1) is 15.3. The molecule has 2 unspecified atom stereocenters. The molecule has 1 amide bonds. The molecule has 0 spiro atoms. The summed E-state index contributed by atoms with van der Waals surface area (Å²) in [5.74, 6) is -0.228. The molecule has 4 nitrogen and oxygen atoms in total. The van der Waals surface area contributed by atoms with E-state index in [2.05, 4.69) is 21.2 Å². The number of aliphatic hydroxyl groups is 1. The Bertz CT molecular complexity index is 425. The number of nitrogen functional groups attached to an aromatic ring is 1. The van der Waals surface area contributed by atoms with Crippen LogP contribution in [-0.4, -0.2) is 35.2 Å². The van der Waals surface area contributed by atoms with Gasteiger partial charge in [0.25, 0.3) is 5.91 Å². The molecule has 18 heavy (non-hydrogen) atoms. The van der Waals surface area contributed by atoms with Gasteiger partial charge in [0.15, 0.2) is 0 Å². The normalized spacial score (nSPS) is 14.0. The van der Waals surface area contributed by atoms with Gasteiger partial charge in [0.05, 0.1) is 12.2 Å². The number of aliphatic hydroxyl groups excluding tert-OH is 1. The lowest BCUT2D eigenvalue weighted by atomic mass is 10.1. The van der Waals surface area contributed by atoms with Crippen molar-refractivity contribution in [1.82, 2.24) is 5.32 Å². The zero-order chi connectivity index (χ0) is 13.7. The van der Waals surface area contributed by atoms with Crippen molar-refractivity contribution >= 4 is 39.3 Å². The van der Waals surface area contributed by atoms with E-state index in [1.807, 2.05) is 13.2 Å². The highest BCUT2D eigenvalue weighted by molar-refractivity contribution is 9.10. The van der Waals surface area contributed by atoms with Gasteiger partial charge in [-0.05, 0) is 31.4 Å². The highest BCUT2D eigenvalue weighted by Gasteiger charge is 2.19. The number of carbonyl (C=O) groups excluding carboxylic acids is 1. The Morgan fingerprint density at radius 2 is 2.28 bits per heavy atom. The summed E-state index contributed by atoms with van der Waals surface area (Å²) in [5.41, 5.74) is 6.65. The average molecular weight is 333 g/mol.